The molecule has 4 rings (SSSR count). The highest BCUT2D eigenvalue weighted by Crippen LogP contribution is 2.34. The van der Waals surface area contributed by atoms with Crippen molar-refractivity contribution in [1.82, 2.24) is 4.57 Å². The molecule has 0 saturated carbocycles. The normalized spacial score (nSPS) is 14.9. The molecular formula is C27H23Cl2N3O5S. The summed E-state index contributed by atoms with van der Waals surface area (Å²) in [5, 5.41) is 9.50. The number of carbonyl (C=O) groups is 1. The molecule has 1 aliphatic heterocycles. The number of halogens is 2. The summed E-state index contributed by atoms with van der Waals surface area (Å²) in [6.07, 6.45) is 1.59. The molecule has 0 spiro atoms. The average molecular weight is 572 g/mol. The third-order valence-electron chi connectivity index (χ3n) is 5.63. The molecule has 0 unspecified atom stereocenters. The molecule has 0 bridgehead atoms. The Kier molecular flexibility index (Phi) is 8.57. The van der Waals surface area contributed by atoms with Gasteiger partial charge in [-0.2, -0.15) is 5.26 Å². The van der Waals surface area contributed by atoms with Crippen molar-refractivity contribution >= 4 is 46.6 Å². The van der Waals surface area contributed by atoms with Crippen LogP contribution in [0.15, 0.2) is 57.5 Å². The lowest BCUT2D eigenvalue weighted by Gasteiger charge is -2.24. The van der Waals surface area contributed by atoms with Crippen LogP contribution in [0.3, 0.4) is 0 Å². The number of carbonyl (C=O) groups excluding carboxylic acids is 1. The van der Waals surface area contributed by atoms with Gasteiger partial charge in [-0.05, 0) is 56.7 Å². The molecule has 196 valence electrons. The number of fused-ring (bicyclic) bond motifs is 1. The lowest BCUT2D eigenvalue weighted by molar-refractivity contribution is -0.139. The van der Waals surface area contributed by atoms with Crippen LogP contribution < -0.4 is 24.4 Å². The summed E-state index contributed by atoms with van der Waals surface area (Å²) >= 11 is 13.7. The number of hydrogen-bond donors (Lipinski definition) is 0. The third kappa shape index (κ3) is 5.48. The number of rotatable bonds is 8. The number of nitrogens with zero attached hydrogens (tertiary/aromatic N) is 3. The fraction of sp³-hybridized carbons (Fsp3) is 0.259. The van der Waals surface area contributed by atoms with Gasteiger partial charge < -0.3 is 14.2 Å². The number of thiazole rings is 1. The van der Waals surface area contributed by atoms with Crippen LogP contribution in [0, 0.1) is 11.3 Å². The Morgan fingerprint density at radius 1 is 1.18 bits per heavy atom. The molecular weight excluding hydrogens is 549 g/mol. The molecule has 0 aliphatic carbocycles. The predicted molar refractivity (Wildman–Crippen MR) is 146 cm³/mol. The Labute approximate surface area is 232 Å². The summed E-state index contributed by atoms with van der Waals surface area (Å²) in [5.41, 5.74) is 1.49. The van der Waals surface area contributed by atoms with E-state index in [1.165, 1.54) is 10.6 Å². The number of aromatic nitrogens is 1. The van der Waals surface area contributed by atoms with Gasteiger partial charge >= 0.3 is 5.97 Å². The van der Waals surface area contributed by atoms with Crippen LogP contribution in [0.25, 0.3) is 6.08 Å². The first-order chi connectivity index (χ1) is 18.3. The summed E-state index contributed by atoms with van der Waals surface area (Å²) in [5.74, 6) is 0.357. The van der Waals surface area contributed by atoms with Gasteiger partial charge in [-0.1, -0.05) is 46.7 Å². The van der Waals surface area contributed by atoms with Crippen molar-refractivity contribution in [3.8, 4) is 17.6 Å². The standard InChI is InChI=1S/C27H23Cl2N3O5S/c1-4-35-19-8-6-16(7-9-19)23-22(26(34)36-5-2)15(3)31-27-32(23)25(33)21(38-27)13-17-12-18(28)14-20(29)24(17)37-11-10-30/h6-9,12-14,23H,4-5,11H2,1-3H3/b21-13-/t23-/m0/s1. The van der Waals surface area contributed by atoms with Crippen LogP contribution in [-0.4, -0.2) is 30.4 Å². The van der Waals surface area contributed by atoms with Crippen molar-refractivity contribution in [1.29, 1.82) is 5.26 Å². The summed E-state index contributed by atoms with van der Waals surface area (Å²) < 4.78 is 18.2. The summed E-state index contributed by atoms with van der Waals surface area (Å²) in [6.45, 7) is 5.78. The molecule has 2 heterocycles. The molecule has 11 heteroatoms. The second-order valence-corrected chi connectivity index (χ2v) is 9.91. The van der Waals surface area contributed by atoms with Gasteiger partial charge in [0.15, 0.2) is 11.4 Å². The Morgan fingerprint density at radius 2 is 1.92 bits per heavy atom. The monoisotopic (exact) mass is 571 g/mol. The third-order valence-corrected chi connectivity index (χ3v) is 7.11. The van der Waals surface area contributed by atoms with Crippen LogP contribution >= 0.6 is 34.5 Å². The minimum Gasteiger partial charge on any atom is -0.494 e. The van der Waals surface area contributed by atoms with Crippen molar-refractivity contribution in [3.05, 3.63) is 88.5 Å². The van der Waals surface area contributed by atoms with Crippen molar-refractivity contribution in [2.75, 3.05) is 19.8 Å². The maximum absolute atomic E-state index is 13.8. The fourth-order valence-electron chi connectivity index (χ4n) is 4.11. The molecule has 2 aromatic carbocycles. The molecule has 0 amide bonds. The molecule has 1 aliphatic rings. The lowest BCUT2D eigenvalue weighted by atomic mass is 9.96. The summed E-state index contributed by atoms with van der Waals surface area (Å²) in [6, 6.07) is 11.4. The van der Waals surface area contributed by atoms with Crippen LogP contribution in [0.5, 0.6) is 11.5 Å². The van der Waals surface area contributed by atoms with E-state index in [9.17, 15) is 9.59 Å². The van der Waals surface area contributed by atoms with E-state index in [0.717, 1.165) is 11.3 Å². The zero-order chi connectivity index (χ0) is 27.4. The molecule has 0 N–H and O–H groups in total. The maximum Gasteiger partial charge on any atom is 0.338 e. The molecule has 0 saturated heterocycles. The quantitative estimate of drug-likeness (QED) is 0.371. The number of allylic oxidation sites excluding steroid dienone is 1. The highest BCUT2D eigenvalue weighted by atomic mass is 35.5. The maximum atomic E-state index is 13.8. The summed E-state index contributed by atoms with van der Waals surface area (Å²) in [7, 11) is 0. The van der Waals surface area contributed by atoms with Gasteiger partial charge in [-0.15, -0.1) is 0 Å². The fourth-order valence-corrected chi connectivity index (χ4v) is 5.71. The average Bonchev–Trinajstić information content (AvgIpc) is 3.17. The zero-order valence-corrected chi connectivity index (χ0v) is 23.1. The number of ether oxygens (including phenoxy) is 3. The van der Waals surface area contributed by atoms with Crippen LogP contribution in [0.2, 0.25) is 10.0 Å². The second kappa shape index (κ2) is 11.9. The molecule has 0 fully saturated rings. The molecule has 1 aromatic heterocycles. The van der Waals surface area contributed by atoms with Crippen LogP contribution in [-0.2, 0) is 9.53 Å². The van der Waals surface area contributed by atoms with E-state index in [2.05, 4.69) is 4.99 Å². The number of benzene rings is 2. The molecule has 38 heavy (non-hydrogen) atoms. The van der Waals surface area contributed by atoms with E-state index < -0.39 is 12.0 Å². The molecule has 8 nitrogen and oxygen atoms in total. The van der Waals surface area contributed by atoms with Crippen molar-refractivity contribution in [2.24, 2.45) is 4.99 Å². The molecule has 1 atom stereocenters. The number of esters is 1. The summed E-state index contributed by atoms with van der Waals surface area (Å²) in [4.78, 5) is 31.9. The topological polar surface area (TPSA) is 103 Å². The largest absolute Gasteiger partial charge is 0.494 e. The van der Waals surface area contributed by atoms with Crippen LogP contribution in [0.1, 0.15) is 37.9 Å². The zero-order valence-electron chi connectivity index (χ0n) is 20.8. The van der Waals surface area contributed by atoms with E-state index in [1.54, 1.807) is 38.1 Å². The van der Waals surface area contributed by atoms with Crippen molar-refractivity contribution in [3.63, 3.8) is 0 Å². The first-order valence-corrected chi connectivity index (χ1v) is 13.3. The van der Waals surface area contributed by atoms with Gasteiger partial charge in [0.2, 0.25) is 0 Å². The smallest absolute Gasteiger partial charge is 0.338 e. The van der Waals surface area contributed by atoms with E-state index in [-0.39, 0.29) is 35.1 Å². The van der Waals surface area contributed by atoms with E-state index in [1.807, 2.05) is 25.1 Å². The minimum atomic E-state index is -0.764. The van der Waals surface area contributed by atoms with Gasteiger partial charge in [0, 0.05) is 10.6 Å². The highest BCUT2D eigenvalue weighted by Gasteiger charge is 2.33. The minimum absolute atomic E-state index is 0.178. The van der Waals surface area contributed by atoms with Gasteiger partial charge in [0.05, 0.1) is 40.1 Å². The first-order valence-electron chi connectivity index (χ1n) is 11.7. The van der Waals surface area contributed by atoms with Crippen molar-refractivity contribution in [2.45, 2.75) is 26.8 Å². The van der Waals surface area contributed by atoms with Gasteiger partial charge in [-0.3, -0.25) is 9.36 Å². The van der Waals surface area contributed by atoms with E-state index in [0.29, 0.717) is 43.5 Å². The SMILES string of the molecule is CCOC(=O)C1=C(C)N=c2s/c(=C\c3cc(Cl)cc(Cl)c3OCC#N)c(=O)n2[C@H]1c1ccc(OCC)cc1. The Morgan fingerprint density at radius 3 is 2.58 bits per heavy atom. The Balaban J connectivity index is 1.94. The lowest BCUT2D eigenvalue weighted by Crippen LogP contribution is -2.39. The Bertz CT molecular complexity index is 1630. The van der Waals surface area contributed by atoms with E-state index in [4.69, 9.17) is 42.7 Å². The van der Waals surface area contributed by atoms with Crippen LogP contribution in [0.4, 0.5) is 0 Å². The Hall–Kier alpha value is -3.58. The van der Waals surface area contributed by atoms with Gasteiger partial charge in [-0.25, -0.2) is 9.79 Å². The van der Waals surface area contributed by atoms with Gasteiger partial charge in [0.1, 0.15) is 17.6 Å². The molecule has 0 radical (unpaired) electrons. The predicted octanol–water partition coefficient (Wildman–Crippen LogP) is 4.41. The second-order valence-electron chi connectivity index (χ2n) is 8.06. The van der Waals surface area contributed by atoms with Gasteiger partial charge in [0.25, 0.3) is 5.56 Å². The van der Waals surface area contributed by atoms with Crippen molar-refractivity contribution < 1.29 is 19.0 Å². The molecule has 3 aromatic rings. The number of hydrogen-bond acceptors (Lipinski definition) is 8. The highest BCUT2D eigenvalue weighted by molar-refractivity contribution is 7.07. The first kappa shape index (κ1) is 27.5. The number of nitriles is 1. The van der Waals surface area contributed by atoms with E-state index >= 15 is 0 Å².